The van der Waals surface area contributed by atoms with Gasteiger partial charge in [-0.05, 0) is 16.8 Å². The maximum atomic E-state index is 13.0. The number of aromatic carboxylic acids is 1. The van der Waals surface area contributed by atoms with Crippen molar-refractivity contribution in [2.75, 3.05) is 5.32 Å². The molecule has 0 unspecified atom stereocenters. The average molecular weight is 401 g/mol. The van der Waals surface area contributed by atoms with Crippen molar-refractivity contribution < 1.29 is 23.1 Å². The largest absolute Gasteiger partial charge is 0.478 e. The molecular weight excluding hydrogens is 386 g/mol. The third kappa shape index (κ3) is 3.01. The van der Waals surface area contributed by atoms with Crippen molar-refractivity contribution in [1.29, 1.82) is 0 Å². The van der Waals surface area contributed by atoms with E-state index in [2.05, 4.69) is 15.5 Å². The molecule has 0 atom stereocenters. The number of benzene rings is 2. The molecule has 10 nitrogen and oxygen atoms in total. The summed E-state index contributed by atoms with van der Waals surface area (Å²) in [5.74, 6) is -1.67. The van der Waals surface area contributed by atoms with Crippen molar-refractivity contribution in [3.8, 4) is 0 Å². The number of rotatable bonds is 4. The molecule has 144 valence electrons. The molecule has 2 heterocycles. The molecule has 1 amide bonds. The number of H-pyrrole nitrogens is 1. The van der Waals surface area contributed by atoms with Crippen LogP contribution in [-0.4, -0.2) is 39.9 Å². The minimum Gasteiger partial charge on any atom is -0.478 e. The first-order chi connectivity index (χ1) is 13.3. The van der Waals surface area contributed by atoms with Crippen LogP contribution in [0.4, 0.5) is 5.82 Å². The van der Waals surface area contributed by atoms with Gasteiger partial charge in [0.25, 0.3) is 16.1 Å². The van der Waals surface area contributed by atoms with Crippen LogP contribution in [0, 0.1) is 0 Å². The standard InChI is InChI=1S/C17H15N5O5S/c18-28(26,27)22-7-12-13(8-22)20-21-15(12)19-16(23)14-10-4-2-1-3-9(10)5-6-11(14)17(24)25/h1-6H,7-8H2,(H,24,25)(H2,18,26,27)(H2,19,20,21,23). The van der Waals surface area contributed by atoms with Gasteiger partial charge in [-0.3, -0.25) is 9.89 Å². The fourth-order valence-electron chi connectivity index (χ4n) is 3.26. The van der Waals surface area contributed by atoms with Crippen molar-refractivity contribution in [3.05, 3.63) is 58.8 Å². The molecule has 11 heteroatoms. The van der Waals surface area contributed by atoms with E-state index in [0.29, 0.717) is 22.0 Å². The van der Waals surface area contributed by atoms with Crippen LogP contribution in [0.5, 0.6) is 0 Å². The number of hydrogen-bond acceptors (Lipinski definition) is 5. The monoisotopic (exact) mass is 401 g/mol. The number of carboxylic acid groups (broad SMARTS) is 1. The first kappa shape index (κ1) is 18.1. The van der Waals surface area contributed by atoms with Crippen LogP contribution in [0.2, 0.25) is 0 Å². The van der Waals surface area contributed by atoms with Crippen molar-refractivity contribution in [2.24, 2.45) is 5.14 Å². The molecule has 4 rings (SSSR count). The summed E-state index contributed by atoms with van der Waals surface area (Å²) in [7, 11) is -3.90. The maximum absolute atomic E-state index is 13.0. The number of nitrogens with zero attached hydrogens (tertiary/aromatic N) is 2. The predicted octanol–water partition coefficient (Wildman–Crippen LogP) is 1.03. The van der Waals surface area contributed by atoms with E-state index in [9.17, 15) is 23.1 Å². The van der Waals surface area contributed by atoms with Crippen molar-refractivity contribution in [2.45, 2.75) is 13.1 Å². The lowest BCUT2D eigenvalue weighted by Crippen LogP contribution is -2.32. The van der Waals surface area contributed by atoms with Crippen molar-refractivity contribution in [3.63, 3.8) is 0 Å². The molecule has 1 aliphatic rings. The lowest BCUT2D eigenvalue weighted by atomic mass is 9.98. The molecule has 1 aromatic heterocycles. The Morgan fingerprint density at radius 3 is 2.64 bits per heavy atom. The molecule has 0 saturated heterocycles. The van der Waals surface area contributed by atoms with Gasteiger partial charge in [0.1, 0.15) is 5.82 Å². The third-order valence-corrected chi connectivity index (χ3v) is 5.58. The van der Waals surface area contributed by atoms with Crippen LogP contribution < -0.4 is 10.5 Å². The number of nitrogens with one attached hydrogen (secondary N) is 2. The number of amides is 1. The highest BCUT2D eigenvalue weighted by molar-refractivity contribution is 7.86. The molecule has 1 aliphatic heterocycles. The number of anilines is 1. The Morgan fingerprint density at radius 2 is 1.93 bits per heavy atom. The molecule has 3 aromatic rings. The number of aromatic nitrogens is 2. The Morgan fingerprint density at radius 1 is 1.18 bits per heavy atom. The number of carbonyl (C=O) groups is 2. The number of carbonyl (C=O) groups excluding carboxylic acids is 1. The van der Waals surface area contributed by atoms with Crippen LogP contribution in [0.1, 0.15) is 32.0 Å². The van der Waals surface area contributed by atoms with E-state index in [1.54, 1.807) is 30.3 Å². The highest BCUT2D eigenvalue weighted by Gasteiger charge is 2.32. The second-order valence-electron chi connectivity index (χ2n) is 6.31. The van der Waals surface area contributed by atoms with Gasteiger partial charge in [-0.1, -0.05) is 30.3 Å². The predicted molar refractivity (Wildman–Crippen MR) is 99.8 cm³/mol. The van der Waals surface area contributed by atoms with Gasteiger partial charge in [-0.15, -0.1) is 0 Å². The zero-order chi connectivity index (χ0) is 20.1. The van der Waals surface area contributed by atoms with E-state index in [-0.39, 0.29) is 30.0 Å². The quantitative estimate of drug-likeness (QED) is 0.511. The van der Waals surface area contributed by atoms with Crippen molar-refractivity contribution >= 4 is 38.7 Å². The number of nitrogens with two attached hydrogens (primary N) is 1. The first-order valence-electron chi connectivity index (χ1n) is 8.16. The van der Waals surface area contributed by atoms with Crippen LogP contribution in [0.3, 0.4) is 0 Å². The van der Waals surface area contributed by atoms with Gasteiger partial charge in [0.15, 0.2) is 0 Å². The van der Waals surface area contributed by atoms with Gasteiger partial charge < -0.3 is 10.4 Å². The van der Waals surface area contributed by atoms with Gasteiger partial charge in [0.05, 0.1) is 23.4 Å². The Bertz CT molecular complexity index is 1230. The lowest BCUT2D eigenvalue weighted by Gasteiger charge is -2.13. The zero-order valence-corrected chi connectivity index (χ0v) is 15.2. The van der Waals surface area contributed by atoms with E-state index in [1.807, 2.05) is 0 Å². The summed E-state index contributed by atoms with van der Waals surface area (Å²) in [6, 6.07) is 9.94. The smallest absolute Gasteiger partial charge is 0.336 e. The number of aromatic amines is 1. The topological polar surface area (TPSA) is 158 Å². The van der Waals surface area contributed by atoms with Crippen LogP contribution >= 0.6 is 0 Å². The fourth-order valence-corrected chi connectivity index (χ4v) is 3.87. The van der Waals surface area contributed by atoms with Gasteiger partial charge in [-0.25, -0.2) is 9.93 Å². The van der Waals surface area contributed by atoms with E-state index < -0.39 is 22.1 Å². The van der Waals surface area contributed by atoms with E-state index in [4.69, 9.17) is 5.14 Å². The molecule has 2 aromatic carbocycles. The Balaban J connectivity index is 1.72. The molecule has 0 spiro atoms. The Labute approximate surface area is 159 Å². The molecule has 0 saturated carbocycles. The SMILES string of the molecule is NS(=O)(=O)N1Cc2n[nH]c(NC(=O)c3c(C(=O)O)ccc4ccccc34)c2C1. The molecule has 0 radical (unpaired) electrons. The molecule has 0 fully saturated rings. The van der Waals surface area contributed by atoms with Crippen LogP contribution in [0.15, 0.2) is 36.4 Å². The normalized spacial score (nSPS) is 14.2. The molecule has 0 bridgehead atoms. The minimum absolute atomic E-state index is 0.00478. The highest BCUT2D eigenvalue weighted by atomic mass is 32.2. The summed E-state index contributed by atoms with van der Waals surface area (Å²) in [4.78, 5) is 24.6. The number of hydrogen-bond donors (Lipinski definition) is 4. The summed E-state index contributed by atoms with van der Waals surface area (Å²) < 4.78 is 24.1. The summed E-state index contributed by atoms with van der Waals surface area (Å²) >= 11 is 0. The van der Waals surface area contributed by atoms with Gasteiger partial charge in [0, 0.05) is 12.1 Å². The first-order valence-corrected chi connectivity index (χ1v) is 9.66. The molecule has 0 aliphatic carbocycles. The lowest BCUT2D eigenvalue weighted by molar-refractivity contribution is 0.0693. The van der Waals surface area contributed by atoms with Gasteiger partial charge in [0.2, 0.25) is 0 Å². The van der Waals surface area contributed by atoms with E-state index in [0.717, 1.165) is 4.31 Å². The van der Waals surface area contributed by atoms with E-state index in [1.165, 1.54) is 6.07 Å². The summed E-state index contributed by atoms with van der Waals surface area (Å²) in [6.45, 7) is -0.0449. The molecular formula is C17H15N5O5S. The minimum atomic E-state index is -3.90. The third-order valence-electron chi connectivity index (χ3n) is 4.60. The van der Waals surface area contributed by atoms with Crippen LogP contribution in [0.25, 0.3) is 10.8 Å². The number of fused-ring (bicyclic) bond motifs is 2. The summed E-state index contributed by atoms with van der Waals surface area (Å²) in [5.41, 5.74) is 0.800. The zero-order valence-electron chi connectivity index (χ0n) is 14.3. The Hall–Kier alpha value is -3.28. The second-order valence-corrected chi connectivity index (χ2v) is 7.85. The van der Waals surface area contributed by atoms with Crippen molar-refractivity contribution in [1.82, 2.24) is 14.5 Å². The second kappa shape index (κ2) is 6.41. The van der Waals surface area contributed by atoms with Crippen LogP contribution in [-0.2, 0) is 23.3 Å². The maximum Gasteiger partial charge on any atom is 0.336 e. The fraction of sp³-hybridized carbons (Fsp3) is 0.118. The molecule has 28 heavy (non-hydrogen) atoms. The van der Waals surface area contributed by atoms with Gasteiger partial charge in [-0.2, -0.15) is 17.8 Å². The average Bonchev–Trinajstić information content (AvgIpc) is 3.22. The molecule has 5 N–H and O–H groups in total. The Kier molecular flexibility index (Phi) is 4.14. The van der Waals surface area contributed by atoms with E-state index >= 15 is 0 Å². The number of carboxylic acids is 1. The highest BCUT2D eigenvalue weighted by Crippen LogP contribution is 2.29. The van der Waals surface area contributed by atoms with Gasteiger partial charge >= 0.3 is 5.97 Å². The summed E-state index contributed by atoms with van der Waals surface area (Å²) in [5, 5.41) is 25.1. The summed E-state index contributed by atoms with van der Waals surface area (Å²) in [6.07, 6.45) is 0.